The van der Waals surface area contributed by atoms with Crippen molar-refractivity contribution in [3.63, 3.8) is 0 Å². The van der Waals surface area contributed by atoms with Crippen LogP contribution in [-0.4, -0.2) is 19.3 Å². The van der Waals surface area contributed by atoms with Crippen molar-refractivity contribution in [3.8, 4) is 0 Å². The fraction of sp³-hybridized carbons (Fsp3) is 1.00. The van der Waals surface area contributed by atoms with Crippen molar-refractivity contribution >= 4 is 7.62 Å². The minimum atomic E-state index is 0. The van der Waals surface area contributed by atoms with E-state index in [1.165, 1.54) is 32.1 Å². The third-order valence-electron chi connectivity index (χ3n) is 3.62. The molecule has 2 aliphatic rings. The van der Waals surface area contributed by atoms with Crippen molar-refractivity contribution in [2.75, 3.05) is 0 Å². The molecule has 1 saturated heterocycles. The molecule has 0 unspecified atom stereocenters. The second-order valence-electron chi connectivity index (χ2n) is 4.97. The lowest BCUT2D eigenvalue weighted by atomic mass is 9.78. The number of hydrogen-bond acceptors (Lipinski definition) is 2. The minimum Gasteiger partial charge on any atom is -0.418 e. The van der Waals surface area contributed by atoms with E-state index in [1.807, 2.05) is 0 Å². The van der Waals surface area contributed by atoms with Crippen LogP contribution in [0.15, 0.2) is 0 Å². The summed E-state index contributed by atoms with van der Waals surface area (Å²) in [5.41, 5.74) is 0.0575. The molecule has 14 heavy (non-hydrogen) atoms. The molecule has 0 aromatic carbocycles. The van der Waals surface area contributed by atoms with Gasteiger partial charge in [0.25, 0.3) is 0 Å². The first kappa shape index (κ1) is 12.1. The van der Waals surface area contributed by atoms with Gasteiger partial charge in [-0.25, -0.2) is 0 Å². The first-order valence-corrected chi connectivity index (χ1v) is 5.57. The number of rotatable bonds is 1. The molecule has 0 amide bonds. The van der Waals surface area contributed by atoms with E-state index in [2.05, 4.69) is 19.1 Å². The zero-order valence-electron chi connectivity index (χ0n) is 8.81. The maximum Gasteiger partial charge on any atom is 0.361 e. The lowest BCUT2D eigenvalue weighted by Crippen LogP contribution is -2.45. The van der Waals surface area contributed by atoms with Gasteiger partial charge in [0, 0.05) is 6.04 Å². The SMILES string of the molecule is C.CC1(C)OBN[C@@H]1C1CCCCC1. The van der Waals surface area contributed by atoms with Crippen LogP contribution in [0.1, 0.15) is 53.4 Å². The maximum atomic E-state index is 5.70. The Labute approximate surface area is 89.1 Å². The molecule has 0 aromatic rings. The van der Waals surface area contributed by atoms with Crippen LogP contribution >= 0.6 is 0 Å². The summed E-state index contributed by atoms with van der Waals surface area (Å²) < 4.78 is 5.70. The molecular weight excluding hydrogens is 173 g/mol. The Hall–Kier alpha value is -0.0151. The lowest BCUT2D eigenvalue weighted by molar-refractivity contribution is 0.0802. The van der Waals surface area contributed by atoms with Crippen molar-refractivity contribution < 1.29 is 4.65 Å². The van der Waals surface area contributed by atoms with Crippen LogP contribution < -0.4 is 5.23 Å². The van der Waals surface area contributed by atoms with E-state index in [0.717, 1.165) is 13.5 Å². The van der Waals surface area contributed by atoms with Crippen LogP contribution in [-0.2, 0) is 4.65 Å². The first-order chi connectivity index (χ1) is 6.20. The molecule has 2 rings (SSSR count). The zero-order chi connectivity index (χ0) is 9.31. The van der Waals surface area contributed by atoms with Gasteiger partial charge in [0.15, 0.2) is 0 Å². The maximum absolute atomic E-state index is 5.70. The van der Waals surface area contributed by atoms with E-state index in [1.54, 1.807) is 0 Å². The van der Waals surface area contributed by atoms with Gasteiger partial charge >= 0.3 is 7.62 Å². The van der Waals surface area contributed by atoms with Crippen LogP contribution in [0, 0.1) is 5.92 Å². The van der Waals surface area contributed by atoms with Crippen LogP contribution in [0.3, 0.4) is 0 Å². The highest BCUT2D eigenvalue weighted by Crippen LogP contribution is 2.34. The molecule has 1 heterocycles. The summed E-state index contributed by atoms with van der Waals surface area (Å²) in [6.07, 6.45) is 7.05. The second-order valence-corrected chi connectivity index (χ2v) is 4.97. The van der Waals surface area contributed by atoms with Gasteiger partial charge in [-0.2, -0.15) is 0 Å². The van der Waals surface area contributed by atoms with E-state index < -0.39 is 0 Å². The summed E-state index contributed by atoms with van der Waals surface area (Å²) in [4.78, 5) is 0. The van der Waals surface area contributed by atoms with Gasteiger partial charge in [0.2, 0.25) is 0 Å². The Bertz CT molecular complexity index is 178. The van der Waals surface area contributed by atoms with Gasteiger partial charge in [0.05, 0.1) is 5.60 Å². The van der Waals surface area contributed by atoms with Crippen molar-refractivity contribution in [3.05, 3.63) is 0 Å². The molecular formula is C11H24BNO. The molecule has 1 saturated carbocycles. The van der Waals surface area contributed by atoms with Gasteiger partial charge in [-0.3, -0.25) is 0 Å². The normalized spacial score (nSPS) is 32.0. The summed E-state index contributed by atoms with van der Waals surface area (Å²) in [6, 6.07) is 0.591. The van der Waals surface area contributed by atoms with E-state index in [9.17, 15) is 0 Å². The molecule has 1 atom stereocenters. The predicted octanol–water partition coefficient (Wildman–Crippen LogP) is 2.24. The van der Waals surface area contributed by atoms with E-state index >= 15 is 0 Å². The fourth-order valence-corrected chi connectivity index (χ4v) is 2.85. The van der Waals surface area contributed by atoms with E-state index in [4.69, 9.17) is 4.65 Å². The van der Waals surface area contributed by atoms with Crippen molar-refractivity contribution in [1.82, 2.24) is 5.23 Å². The second kappa shape index (κ2) is 4.67. The van der Waals surface area contributed by atoms with Crippen LogP contribution in [0.4, 0.5) is 0 Å². The molecule has 2 fully saturated rings. The molecule has 3 heteroatoms. The summed E-state index contributed by atoms with van der Waals surface area (Å²) in [5.74, 6) is 0.853. The number of nitrogens with one attached hydrogen (secondary N) is 1. The Morgan fingerprint density at radius 3 is 2.36 bits per heavy atom. The van der Waals surface area contributed by atoms with Crippen molar-refractivity contribution in [1.29, 1.82) is 0 Å². The summed E-state index contributed by atoms with van der Waals surface area (Å²) >= 11 is 0. The highest BCUT2D eigenvalue weighted by molar-refractivity contribution is 6.25. The van der Waals surface area contributed by atoms with Crippen LogP contribution in [0.2, 0.25) is 0 Å². The Balaban J connectivity index is 0.000000980. The molecule has 0 aromatic heterocycles. The summed E-state index contributed by atoms with van der Waals surface area (Å²) in [5, 5.41) is 3.49. The Morgan fingerprint density at radius 1 is 1.21 bits per heavy atom. The van der Waals surface area contributed by atoms with Gasteiger partial charge < -0.3 is 9.88 Å². The van der Waals surface area contributed by atoms with Gasteiger partial charge in [0.1, 0.15) is 0 Å². The average Bonchev–Trinajstić information content (AvgIpc) is 2.47. The summed E-state index contributed by atoms with van der Waals surface area (Å²) in [7, 11) is 0.744. The van der Waals surface area contributed by atoms with Crippen molar-refractivity contribution in [2.24, 2.45) is 5.92 Å². The largest absolute Gasteiger partial charge is 0.418 e. The topological polar surface area (TPSA) is 21.3 Å². The quantitative estimate of drug-likeness (QED) is 0.651. The third-order valence-corrected chi connectivity index (χ3v) is 3.62. The Kier molecular flexibility index (Phi) is 4.02. The smallest absolute Gasteiger partial charge is 0.361 e. The Morgan fingerprint density at radius 2 is 1.86 bits per heavy atom. The first-order valence-electron chi connectivity index (χ1n) is 5.57. The highest BCUT2D eigenvalue weighted by Gasteiger charge is 2.40. The molecule has 2 nitrogen and oxygen atoms in total. The van der Waals surface area contributed by atoms with E-state index in [0.29, 0.717) is 6.04 Å². The van der Waals surface area contributed by atoms with Gasteiger partial charge in [-0.05, 0) is 32.6 Å². The van der Waals surface area contributed by atoms with Crippen LogP contribution in [0.25, 0.3) is 0 Å². The van der Waals surface area contributed by atoms with Crippen molar-refractivity contribution in [2.45, 2.75) is 65.0 Å². The standard InChI is InChI=1S/C10H20BNO.CH4/c1-10(2)9(12-11-13-10)8-6-4-3-5-7-8;/h8-9,11-12H,3-7H2,1-2H3;1H4/t9-;/m1./s1. The van der Waals surface area contributed by atoms with E-state index in [-0.39, 0.29) is 13.0 Å². The molecule has 1 aliphatic heterocycles. The molecule has 0 spiro atoms. The fourth-order valence-electron chi connectivity index (χ4n) is 2.85. The minimum absolute atomic E-state index is 0. The monoisotopic (exact) mass is 197 g/mol. The number of hydrogen-bond donors (Lipinski definition) is 1. The van der Waals surface area contributed by atoms with Gasteiger partial charge in [-0.15, -0.1) is 0 Å². The van der Waals surface area contributed by atoms with Gasteiger partial charge in [-0.1, -0.05) is 26.7 Å². The molecule has 1 aliphatic carbocycles. The van der Waals surface area contributed by atoms with Crippen LogP contribution in [0.5, 0.6) is 0 Å². The predicted molar refractivity (Wildman–Crippen MR) is 62.5 cm³/mol. The molecule has 1 N–H and O–H groups in total. The molecule has 0 radical (unpaired) electrons. The summed E-state index contributed by atoms with van der Waals surface area (Å²) in [6.45, 7) is 4.43. The molecule has 82 valence electrons. The third kappa shape index (κ3) is 2.32. The molecule has 0 bridgehead atoms. The lowest BCUT2D eigenvalue weighted by Gasteiger charge is -2.35. The zero-order valence-corrected chi connectivity index (χ0v) is 8.81. The highest BCUT2D eigenvalue weighted by atomic mass is 16.5. The average molecular weight is 197 g/mol.